The summed E-state index contributed by atoms with van der Waals surface area (Å²) in [4.78, 5) is 17.4. The van der Waals surface area contributed by atoms with Gasteiger partial charge in [-0.15, -0.1) is 0 Å². The van der Waals surface area contributed by atoms with E-state index in [0.717, 1.165) is 34.5 Å². The molecule has 1 amide bonds. The van der Waals surface area contributed by atoms with Crippen LogP contribution in [0, 0.1) is 32.1 Å². The van der Waals surface area contributed by atoms with Crippen LogP contribution in [0.5, 0.6) is 0 Å². The Morgan fingerprint density at radius 1 is 1.27 bits per heavy atom. The molecule has 2 rings (SSSR count). The summed E-state index contributed by atoms with van der Waals surface area (Å²) < 4.78 is 0. The molecule has 0 aliphatic rings. The number of benzene rings is 1. The van der Waals surface area contributed by atoms with Gasteiger partial charge in [0.15, 0.2) is 0 Å². The van der Waals surface area contributed by atoms with E-state index in [1.54, 1.807) is 0 Å². The van der Waals surface area contributed by atoms with Crippen molar-refractivity contribution in [2.24, 2.45) is 0 Å². The van der Waals surface area contributed by atoms with Crippen molar-refractivity contribution in [1.82, 2.24) is 4.98 Å². The molecule has 1 heterocycles. The van der Waals surface area contributed by atoms with Gasteiger partial charge in [-0.05, 0) is 56.4 Å². The fraction of sp³-hybridized carbons (Fsp3) is 0.381. The largest absolute Gasteiger partial charge is 0.325 e. The normalized spacial score (nSPS) is 11.7. The van der Waals surface area contributed by atoms with Gasteiger partial charge >= 0.3 is 0 Å². The van der Waals surface area contributed by atoms with Crippen molar-refractivity contribution in [2.45, 2.75) is 57.7 Å². The van der Waals surface area contributed by atoms with Gasteiger partial charge in [0, 0.05) is 11.4 Å². The van der Waals surface area contributed by atoms with Crippen LogP contribution in [0.3, 0.4) is 0 Å². The fourth-order valence-electron chi connectivity index (χ4n) is 2.89. The minimum atomic E-state index is -0.305. The fourth-order valence-corrected chi connectivity index (χ4v) is 4.01. The summed E-state index contributed by atoms with van der Waals surface area (Å²) in [5.74, 6) is -0.0497. The van der Waals surface area contributed by atoms with Crippen molar-refractivity contribution in [3.05, 3.63) is 52.2 Å². The van der Waals surface area contributed by atoms with Crippen LogP contribution in [0.15, 0.2) is 29.3 Å². The van der Waals surface area contributed by atoms with E-state index in [4.69, 9.17) is 0 Å². The Morgan fingerprint density at radius 3 is 2.62 bits per heavy atom. The van der Waals surface area contributed by atoms with Crippen LogP contribution in [0.2, 0.25) is 0 Å². The van der Waals surface area contributed by atoms with Crippen LogP contribution in [0.4, 0.5) is 5.69 Å². The van der Waals surface area contributed by atoms with Gasteiger partial charge in [-0.3, -0.25) is 4.79 Å². The minimum Gasteiger partial charge on any atom is -0.325 e. The van der Waals surface area contributed by atoms with Gasteiger partial charge in [0.25, 0.3) is 0 Å². The van der Waals surface area contributed by atoms with Gasteiger partial charge in [0.2, 0.25) is 5.91 Å². The van der Waals surface area contributed by atoms with E-state index in [9.17, 15) is 10.1 Å². The van der Waals surface area contributed by atoms with Gasteiger partial charge in [0.05, 0.1) is 10.8 Å². The zero-order valence-corrected chi connectivity index (χ0v) is 16.8. The lowest BCUT2D eigenvalue weighted by atomic mass is 10.1. The summed E-state index contributed by atoms with van der Waals surface area (Å²) in [6.07, 6.45) is 1.52. The molecular formula is C21H25N3OS. The first kappa shape index (κ1) is 20.0. The van der Waals surface area contributed by atoms with Crippen molar-refractivity contribution in [2.75, 3.05) is 5.32 Å². The minimum absolute atomic E-state index is 0.0497. The van der Waals surface area contributed by atoms with E-state index in [1.165, 1.54) is 11.8 Å². The lowest BCUT2D eigenvalue weighted by Crippen LogP contribution is -2.26. The number of amides is 1. The number of para-hydroxylation sites is 1. The molecule has 0 saturated heterocycles. The average Bonchev–Trinajstić information content (AvgIpc) is 2.60. The summed E-state index contributed by atoms with van der Waals surface area (Å²) in [6, 6.07) is 10.2. The Labute approximate surface area is 160 Å². The van der Waals surface area contributed by atoms with Crippen molar-refractivity contribution in [3.63, 3.8) is 0 Å². The topological polar surface area (TPSA) is 65.8 Å². The molecule has 0 aliphatic carbocycles. The van der Waals surface area contributed by atoms with E-state index >= 15 is 0 Å². The summed E-state index contributed by atoms with van der Waals surface area (Å²) in [5.41, 5.74) is 5.38. The van der Waals surface area contributed by atoms with E-state index in [1.807, 2.05) is 52.0 Å². The highest BCUT2D eigenvalue weighted by Crippen LogP contribution is 2.30. The molecule has 4 nitrogen and oxygen atoms in total. The van der Waals surface area contributed by atoms with Gasteiger partial charge in [-0.2, -0.15) is 5.26 Å². The summed E-state index contributed by atoms with van der Waals surface area (Å²) in [6.45, 7) is 9.86. The summed E-state index contributed by atoms with van der Waals surface area (Å²) in [7, 11) is 0. The van der Waals surface area contributed by atoms with E-state index in [2.05, 4.69) is 23.3 Å². The number of nitriles is 1. The lowest BCUT2D eigenvalue weighted by Gasteiger charge is -2.18. The first-order valence-corrected chi connectivity index (χ1v) is 9.73. The van der Waals surface area contributed by atoms with E-state index in [-0.39, 0.29) is 11.2 Å². The predicted molar refractivity (Wildman–Crippen MR) is 108 cm³/mol. The number of anilines is 1. The Bertz CT molecular complexity index is 855. The smallest absolute Gasteiger partial charge is 0.237 e. The van der Waals surface area contributed by atoms with Gasteiger partial charge in [-0.1, -0.05) is 43.8 Å². The van der Waals surface area contributed by atoms with E-state index in [0.29, 0.717) is 17.0 Å². The first-order valence-electron chi connectivity index (χ1n) is 8.85. The van der Waals surface area contributed by atoms with E-state index < -0.39 is 0 Å². The molecule has 2 aromatic rings. The second kappa shape index (κ2) is 8.86. The average molecular weight is 368 g/mol. The number of thioether (sulfide) groups is 1. The van der Waals surface area contributed by atoms with Crippen molar-refractivity contribution in [3.8, 4) is 6.07 Å². The standard InChI is InChI=1S/C21H25N3OS/c1-6-16-10-8-9-13(3)19(16)24-20(25)18(7-2)26-21-17(12-22)14(4)11-15(5)23-21/h8-11,18H,6-7H2,1-5H3,(H,24,25). The SMILES string of the molecule is CCc1cccc(C)c1NC(=O)C(CC)Sc1nc(C)cc(C)c1C#N. The van der Waals surface area contributed by atoms with Gasteiger partial charge < -0.3 is 5.32 Å². The molecular weight excluding hydrogens is 342 g/mol. The zero-order valence-electron chi connectivity index (χ0n) is 16.0. The molecule has 0 fully saturated rings. The molecule has 1 aromatic heterocycles. The number of hydrogen-bond donors (Lipinski definition) is 1. The summed E-state index contributed by atoms with van der Waals surface area (Å²) >= 11 is 1.37. The van der Waals surface area contributed by atoms with Crippen LogP contribution in [-0.4, -0.2) is 16.1 Å². The number of nitrogens with zero attached hydrogens (tertiary/aromatic N) is 2. The van der Waals surface area contributed by atoms with Gasteiger partial charge in [-0.25, -0.2) is 4.98 Å². The van der Waals surface area contributed by atoms with Crippen LogP contribution < -0.4 is 5.32 Å². The Balaban J connectivity index is 2.28. The maximum atomic E-state index is 12.9. The molecule has 5 heteroatoms. The van der Waals surface area contributed by atoms with Gasteiger partial charge in [0.1, 0.15) is 11.1 Å². The highest BCUT2D eigenvalue weighted by molar-refractivity contribution is 8.00. The number of nitrogens with one attached hydrogen (secondary N) is 1. The second-order valence-electron chi connectivity index (χ2n) is 6.34. The molecule has 0 bridgehead atoms. The highest BCUT2D eigenvalue weighted by atomic mass is 32.2. The number of hydrogen-bond acceptors (Lipinski definition) is 4. The molecule has 1 atom stereocenters. The maximum Gasteiger partial charge on any atom is 0.237 e. The van der Waals surface area contributed by atoms with Crippen molar-refractivity contribution < 1.29 is 4.79 Å². The summed E-state index contributed by atoms with van der Waals surface area (Å²) in [5, 5.41) is 12.9. The quantitative estimate of drug-likeness (QED) is 0.734. The van der Waals surface area contributed by atoms with Crippen LogP contribution in [0.1, 0.15) is 48.2 Å². The number of carbonyl (C=O) groups excluding carboxylic acids is 1. The number of aromatic nitrogens is 1. The third-order valence-electron chi connectivity index (χ3n) is 4.33. The molecule has 136 valence electrons. The lowest BCUT2D eigenvalue weighted by molar-refractivity contribution is -0.115. The zero-order chi connectivity index (χ0) is 19.3. The monoisotopic (exact) mass is 367 g/mol. The van der Waals surface area contributed by atoms with Crippen LogP contribution in [-0.2, 0) is 11.2 Å². The Hall–Kier alpha value is -2.32. The first-order chi connectivity index (χ1) is 12.4. The third kappa shape index (κ3) is 4.44. The molecule has 1 unspecified atom stereocenters. The second-order valence-corrected chi connectivity index (χ2v) is 7.53. The Kier molecular flexibility index (Phi) is 6.82. The van der Waals surface area contributed by atoms with Crippen LogP contribution in [0.25, 0.3) is 0 Å². The molecule has 1 aromatic carbocycles. The maximum absolute atomic E-state index is 12.9. The van der Waals surface area contributed by atoms with Crippen LogP contribution >= 0.6 is 11.8 Å². The molecule has 0 spiro atoms. The number of pyridine rings is 1. The number of carbonyl (C=O) groups is 1. The molecule has 0 saturated carbocycles. The third-order valence-corrected chi connectivity index (χ3v) is 5.68. The molecule has 1 N–H and O–H groups in total. The molecule has 26 heavy (non-hydrogen) atoms. The number of aryl methyl sites for hydroxylation is 4. The molecule has 0 radical (unpaired) electrons. The Morgan fingerprint density at radius 2 is 2.00 bits per heavy atom. The highest BCUT2D eigenvalue weighted by Gasteiger charge is 2.22. The van der Waals surface area contributed by atoms with Crippen molar-refractivity contribution in [1.29, 1.82) is 5.26 Å². The van der Waals surface area contributed by atoms with Crippen molar-refractivity contribution >= 4 is 23.4 Å². The predicted octanol–water partition coefficient (Wildman–Crippen LogP) is 4.95. The number of rotatable bonds is 6. The molecule has 0 aliphatic heterocycles.